The maximum Gasteiger partial charge on any atom is 0.257 e. The van der Waals surface area contributed by atoms with Crippen molar-refractivity contribution in [3.63, 3.8) is 0 Å². The van der Waals surface area contributed by atoms with E-state index in [1.165, 1.54) is 13.3 Å². The minimum atomic E-state index is -0.277. The summed E-state index contributed by atoms with van der Waals surface area (Å²) in [7, 11) is 1.51. The number of hydrogen-bond donors (Lipinski definition) is 2. The molecule has 0 atom stereocenters. The van der Waals surface area contributed by atoms with Crippen molar-refractivity contribution >= 4 is 23.2 Å². The van der Waals surface area contributed by atoms with Crippen LogP contribution in [0.1, 0.15) is 36.5 Å². The first kappa shape index (κ1) is 17.5. The van der Waals surface area contributed by atoms with Crippen molar-refractivity contribution in [1.82, 2.24) is 4.98 Å². The van der Waals surface area contributed by atoms with Crippen LogP contribution in [0.25, 0.3) is 0 Å². The van der Waals surface area contributed by atoms with Crippen LogP contribution in [0.2, 0.25) is 0 Å². The van der Waals surface area contributed by atoms with Gasteiger partial charge in [0.2, 0.25) is 5.91 Å². The Kier molecular flexibility index (Phi) is 6.31. The Morgan fingerprint density at radius 1 is 1.21 bits per heavy atom. The first-order valence-electron chi connectivity index (χ1n) is 7.83. The molecule has 2 N–H and O–H groups in total. The lowest BCUT2D eigenvalue weighted by molar-refractivity contribution is -0.116. The van der Waals surface area contributed by atoms with Crippen LogP contribution in [-0.4, -0.2) is 23.9 Å². The first-order valence-corrected chi connectivity index (χ1v) is 7.83. The highest BCUT2D eigenvalue weighted by Gasteiger charge is 2.11. The number of nitrogens with zero attached hydrogens (tertiary/aromatic N) is 1. The summed E-state index contributed by atoms with van der Waals surface area (Å²) in [5.41, 5.74) is 1.61. The molecular formula is C18H21N3O3. The van der Waals surface area contributed by atoms with E-state index in [1.54, 1.807) is 36.5 Å². The van der Waals surface area contributed by atoms with Crippen LogP contribution in [0.3, 0.4) is 0 Å². The van der Waals surface area contributed by atoms with Crippen LogP contribution in [0.4, 0.5) is 11.4 Å². The molecule has 6 heteroatoms. The lowest BCUT2D eigenvalue weighted by Gasteiger charge is -2.12. The third-order valence-electron chi connectivity index (χ3n) is 3.41. The fourth-order valence-corrected chi connectivity index (χ4v) is 2.12. The van der Waals surface area contributed by atoms with Crippen molar-refractivity contribution in [2.24, 2.45) is 0 Å². The number of ether oxygens (including phenoxy) is 1. The van der Waals surface area contributed by atoms with Crippen LogP contribution in [0.5, 0.6) is 5.75 Å². The number of amides is 2. The second-order valence-corrected chi connectivity index (χ2v) is 5.26. The number of benzene rings is 1. The van der Waals surface area contributed by atoms with Crippen LogP contribution in [-0.2, 0) is 4.79 Å². The topological polar surface area (TPSA) is 80.3 Å². The molecule has 0 fully saturated rings. The van der Waals surface area contributed by atoms with Gasteiger partial charge in [-0.2, -0.15) is 0 Å². The van der Waals surface area contributed by atoms with E-state index in [0.29, 0.717) is 29.1 Å². The normalized spacial score (nSPS) is 10.1. The Hall–Kier alpha value is -2.89. The van der Waals surface area contributed by atoms with Gasteiger partial charge in [-0.15, -0.1) is 0 Å². The Labute approximate surface area is 141 Å². The molecule has 0 radical (unpaired) electrons. The highest BCUT2D eigenvalue weighted by molar-refractivity contribution is 6.05. The molecule has 2 aromatic rings. The predicted molar refractivity (Wildman–Crippen MR) is 93.3 cm³/mol. The Bertz CT molecular complexity index is 702. The minimum absolute atomic E-state index is 0.0361. The first-order chi connectivity index (χ1) is 11.6. The van der Waals surface area contributed by atoms with E-state index in [1.807, 2.05) is 6.92 Å². The van der Waals surface area contributed by atoms with Crippen LogP contribution in [0, 0.1) is 0 Å². The molecular weight excluding hydrogens is 306 g/mol. The van der Waals surface area contributed by atoms with Crippen LogP contribution >= 0.6 is 0 Å². The second-order valence-electron chi connectivity index (χ2n) is 5.26. The number of pyridine rings is 1. The lowest BCUT2D eigenvalue weighted by Crippen LogP contribution is -2.14. The zero-order valence-electron chi connectivity index (χ0n) is 13.8. The fraction of sp³-hybridized carbons (Fsp3) is 0.278. The highest BCUT2D eigenvalue weighted by Crippen LogP contribution is 2.28. The molecule has 6 nitrogen and oxygen atoms in total. The smallest absolute Gasteiger partial charge is 0.257 e. The number of unbranched alkanes of at least 4 members (excludes halogenated alkanes) is 1. The molecule has 0 unspecified atom stereocenters. The maximum atomic E-state index is 12.2. The highest BCUT2D eigenvalue weighted by atomic mass is 16.5. The minimum Gasteiger partial charge on any atom is -0.494 e. The molecule has 2 rings (SSSR count). The van der Waals surface area contributed by atoms with Gasteiger partial charge in [-0.1, -0.05) is 13.3 Å². The Morgan fingerprint density at radius 2 is 2.04 bits per heavy atom. The van der Waals surface area contributed by atoms with Crippen molar-refractivity contribution in [3.05, 3.63) is 48.3 Å². The summed E-state index contributed by atoms with van der Waals surface area (Å²) < 4.78 is 5.30. The average molecular weight is 327 g/mol. The Morgan fingerprint density at radius 3 is 2.71 bits per heavy atom. The summed E-state index contributed by atoms with van der Waals surface area (Å²) in [4.78, 5) is 27.9. The van der Waals surface area contributed by atoms with E-state index >= 15 is 0 Å². The monoisotopic (exact) mass is 327 g/mol. The molecule has 126 valence electrons. The second kappa shape index (κ2) is 8.67. The number of nitrogens with one attached hydrogen (secondary N) is 2. The molecule has 1 heterocycles. The zero-order chi connectivity index (χ0) is 17.4. The average Bonchev–Trinajstić information content (AvgIpc) is 2.61. The van der Waals surface area contributed by atoms with Crippen molar-refractivity contribution in [3.8, 4) is 5.75 Å². The number of rotatable bonds is 7. The van der Waals surface area contributed by atoms with E-state index in [0.717, 1.165) is 12.8 Å². The molecule has 0 aliphatic rings. The van der Waals surface area contributed by atoms with Crippen LogP contribution < -0.4 is 15.4 Å². The van der Waals surface area contributed by atoms with Crippen molar-refractivity contribution in [2.75, 3.05) is 17.7 Å². The van der Waals surface area contributed by atoms with Crippen molar-refractivity contribution in [1.29, 1.82) is 0 Å². The predicted octanol–water partition coefficient (Wildman–Crippen LogP) is 3.47. The molecule has 0 saturated carbocycles. The summed E-state index contributed by atoms with van der Waals surface area (Å²) in [5, 5.41) is 5.60. The van der Waals surface area contributed by atoms with Gasteiger partial charge in [-0.05, 0) is 30.7 Å². The van der Waals surface area contributed by atoms with Gasteiger partial charge in [0.15, 0.2) is 0 Å². The SMILES string of the molecule is CCCCC(=O)Nc1ccc(NC(=O)c2cccnc2)c(OC)c1. The van der Waals surface area contributed by atoms with Gasteiger partial charge in [-0.3, -0.25) is 14.6 Å². The number of carbonyl (C=O) groups is 2. The molecule has 0 bridgehead atoms. The summed E-state index contributed by atoms with van der Waals surface area (Å²) in [6.07, 6.45) is 5.40. The third-order valence-corrected chi connectivity index (χ3v) is 3.41. The largest absolute Gasteiger partial charge is 0.494 e. The van der Waals surface area contributed by atoms with E-state index < -0.39 is 0 Å². The number of hydrogen-bond acceptors (Lipinski definition) is 4. The molecule has 2 amide bonds. The van der Waals surface area contributed by atoms with Gasteiger partial charge < -0.3 is 15.4 Å². The summed E-state index contributed by atoms with van der Waals surface area (Å²) in [5.74, 6) is 0.160. The quantitative estimate of drug-likeness (QED) is 0.816. The Balaban J connectivity index is 2.08. The van der Waals surface area contributed by atoms with E-state index in [9.17, 15) is 9.59 Å². The van der Waals surface area contributed by atoms with E-state index in [4.69, 9.17) is 4.74 Å². The molecule has 0 spiro atoms. The number of aromatic nitrogens is 1. The standard InChI is InChI=1S/C18H21N3O3/c1-3-4-7-17(22)20-14-8-9-15(16(11-14)24-2)21-18(23)13-6-5-10-19-12-13/h5-6,8-12H,3-4,7H2,1-2H3,(H,20,22)(H,21,23). The zero-order valence-corrected chi connectivity index (χ0v) is 13.8. The van der Waals surface area contributed by atoms with Gasteiger partial charge in [0.05, 0.1) is 18.4 Å². The number of methoxy groups -OCH3 is 1. The fourth-order valence-electron chi connectivity index (χ4n) is 2.12. The molecule has 0 aliphatic carbocycles. The lowest BCUT2D eigenvalue weighted by atomic mass is 10.2. The third kappa shape index (κ3) is 4.81. The number of carbonyl (C=O) groups excluding carboxylic acids is 2. The van der Waals surface area contributed by atoms with E-state index in [2.05, 4.69) is 15.6 Å². The number of anilines is 2. The van der Waals surface area contributed by atoms with Crippen molar-refractivity contribution < 1.29 is 14.3 Å². The molecule has 0 saturated heterocycles. The van der Waals surface area contributed by atoms with Gasteiger partial charge in [0.25, 0.3) is 5.91 Å². The van der Waals surface area contributed by atoms with Gasteiger partial charge in [0.1, 0.15) is 5.75 Å². The molecule has 0 aliphatic heterocycles. The maximum absolute atomic E-state index is 12.2. The summed E-state index contributed by atoms with van der Waals surface area (Å²) >= 11 is 0. The van der Waals surface area contributed by atoms with Gasteiger partial charge >= 0.3 is 0 Å². The van der Waals surface area contributed by atoms with Gasteiger partial charge in [-0.25, -0.2) is 0 Å². The summed E-state index contributed by atoms with van der Waals surface area (Å²) in [6.45, 7) is 2.04. The molecule has 1 aromatic carbocycles. The van der Waals surface area contributed by atoms with Crippen LogP contribution in [0.15, 0.2) is 42.7 Å². The van der Waals surface area contributed by atoms with Gasteiger partial charge in [0, 0.05) is 30.6 Å². The summed E-state index contributed by atoms with van der Waals surface area (Å²) in [6, 6.07) is 8.48. The van der Waals surface area contributed by atoms with Crippen molar-refractivity contribution in [2.45, 2.75) is 26.2 Å². The molecule has 1 aromatic heterocycles. The molecule has 24 heavy (non-hydrogen) atoms. The van der Waals surface area contributed by atoms with E-state index in [-0.39, 0.29) is 11.8 Å².